The maximum absolute atomic E-state index is 11.7. The van der Waals surface area contributed by atoms with Gasteiger partial charge < -0.3 is 20.5 Å². The van der Waals surface area contributed by atoms with Crippen LogP contribution in [0.3, 0.4) is 0 Å². The molecule has 168 valence electrons. The maximum atomic E-state index is 11.7. The predicted octanol–water partition coefficient (Wildman–Crippen LogP) is 3.80. The fraction of sp³-hybridized carbons (Fsp3) is 0.500. The van der Waals surface area contributed by atoms with Crippen molar-refractivity contribution in [3.8, 4) is 5.75 Å². The van der Waals surface area contributed by atoms with E-state index < -0.39 is 6.10 Å². The first-order valence-corrected chi connectivity index (χ1v) is 11.2. The second-order valence-electron chi connectivity index (χ2n) is 9.77. The number of fused-ring (bicyclic) bond motifs is 1. The van der Waals surface area contributed by atoms with Crippen LogP contribution in [0.2, 0.25) is 0 Å². The Kier molecular flexibility index (Phi) is 7.74. The first kappa shape index (κ1) is 23.3. The van der Waals surface area contributed by atoms with E-state index in [0.717, 1.165) is 29.7 Å². The van der Waals surface area contributed by atoms with Gasteiger partial charge in [0.15, 0.2) is 0 Å². The SMILES string of the molecule is CC(=O)NC(Cc1ccccc1)[C@H](O)CN[C@H]1CCOc2ccc(CC(C)(C)C)cc21. The van der Waals surface area contributed by atoms with Crippen molar-refractivity contribution in [1.82, 2.24) is 10.6 Å². The van der Waals surface area contributed by atoms with Crippen molar-refractivity contribution in [2.24, 2.45) is 5.41 Å². The van der Waals surface area contributed by atoms with Crippen molar-refractivity contribution in [1.29, 1.82) is 0 Å². The molecule has 0 aromatic heterocycles. The van der Waals surface area contributed by atoms with Crippen LogP contribution in [-0.4, -0.2) is 36.3 Å². The zero-order valence-corrected chi connectivity index (χ0v) is 19.2. The molecule has 0 saturated heterocycles. The molecule has 1 heterocycles. The van der Waals surface area contributed by atoms with Crippen molar-refractivity contribution in [2.75, 3.05) is 13.2 Å². The van der Waals surface area contributed by atoms with Gasteiger partial charge in [0.05, 0.1) is 18.8 Å². The first-order chi connectivity index (χ1) is 14.7. The molecule has 1 aliphatic rings. The molecule has 31 heavy (non-hydrogen) atoms. The minimum Gasteiger partial charge on any atom is -0.493 e. The summed E-state index contributed by atoms with van der Waals surface area (Å²) in [4.78, 5) is 11.7. The largest absolute Gasteiger partial charge is 0.493 e. The maximum Gasteiger partial charge on any atom is 0.217 e. The summed E-state index contributed by atoms with van der Waals surface area (Å²) in [7, 11) is 0. The number of hydrogen-bond acceptors (Lipinski definition) is 4. The average Bonchev–Trinajstić information content (AvgIpc) is 2.71. The molecule has 0 bridgehead atoms. The van der Waals surface area contributed by atoms with Gasteiger partial charge in [0.25, 0.3) is 0 Å². The minimum atomic E-state index is -0.701. The smallest absolute Gasteiger partial charge is 0.217 e. The third kappa shape index (κ3) is 7.08. The Morgan fingerprint density at radius 3 is 2.58 bits per heavy atom. The molecule has 0 aliphatic carbocycles. The number of amides is 1. The number of nitrogens with one attached hydrogen (secondary N) is 2. The molecule has 0 saturated carbocycles. The number of aliphatic hydroxyl groups excluding tert-OH is 1. The van der Waals surface area contributed by atoms with Crippen LogP contribution in [0.5, 0.6) is 5.75 Å². The molecule has 2 aromatic carbocycles. The van der Waals surface area contributed by atoms with Crippen LogP contribution in [0, 0.1) is 5.41 Å². The Balaban J connectivity index is 1.68. The van der Waals surface area contributed by atoms with Gasteiger partial charge in [-0.05, 0) is 35.4 Å². The summed E-state index contributed by atoms with van der Waals surface area (Å²) >= 11 is 0. The van der Waals surface area contributed by atoms with Gasteiger partial charge in [-0.25, -0.2) is 0 Å². The molecule has 3 rings (SSSR count). The van der Waals surface area contributed by atoms with Gasteiger partial charge in [-0.1, -0.05) is 63.2 Å². The van der Waals surface area contributed by atoms with E-state index in [9.17, 15) is 9.90 Å². The summed E-state index contributed by atoms with van der Waals surface area (Å²) in [6.45, 7) is 9.26. The highest BCUT2D eigenvalue weighted by Crippen LogP contribution is 2.34. The van der Waals surface area contributed by atoms with Crippen molar-refractivity contribution in [2.45, 2.75) is 65.1 Å². The monoisotopic (exact) mass is 424 g/mol. The third-order valence-electron chi connectivity index (χ3n) is 5.57. The van der Waals surface area contributed by atoms with Gasteiger partial charge in [-0.15, -0.1) is 0 Å². The topological polar surface area (TPSA) is 70.6 Å². The van der Waals surface area contributed by atoms with Gasteiger partial charge in [-0.3, -0.25) is 4.79 Å². The summed E-state index contributed by atoms with van der Waals surface area (Å²) in [5.41, 5.74) is 3.75. The molecule has 3 atom stereocenters. The molecule has 0 spiro atoms. The molecule has 5 nitrogen and oxygen atoms in total. The molecular formula is C26H36N2O3. The van der Waals surface area contributed by atoms with E-state index in [-0.39, 0.29) is 23.4 Å². The van der Waals surface area contributed by atoms with E-state index in [1.54, 1.807) is 0 Å². The molecule has 1 aliphatic heterocycles. The highest BCUT2D eigenvalue weighted by molar-refractivity contribution is 5.73. The Bertz CT molecular complexity index is 861. The highest BCUT2D eigenvalue weighted by Gasteiger charge is 2.26. The Morgan fingerprint density at radius 2 is 1.90 bits per heavy atom. The molecule has 1 amide bonds. The molecule has 5 heteroatoms. The van der Waals surface area contributed by atoms with Crippen molar-refractivity contribution >= 4 is 5.91 Å². The normalized spacial score (nSPS) is 17.9. The predicted molar refractivity (Wildman–Crippen MR) is 124 cm³/mol. The Hall–Kier alpha value is -2.37. The summed E-state index contributed by atoms with van der Waals surface area (Å²) in [6.07, 6.45) is 1.73. The van der Waals surface area contributed by atoms with E-state index in [0.29, 0.717) is 19.6 Å². The summed E-state index contributed by atoms with van der Waals surface area (Å²) in [5.74, 6) is 0.779. The molecule has 0 radical (unpaired) electrons. The molecule has 2 aromatic rings. The first-order valence-electron chi connectivity index (χ1n) is 11.2. The quantitative estimate of drug-likeness (QED) is 0.603. The molecule has 1 unspecified atom stereocenters. The average molecular weight is 425 g/mol. The fourth-order valence-corrected chi connectivity index (χ4v) is 4.20. The Labute approximate surface area is 186 Å². The van der Waals surface area contributed by atoms with Crippen molar-refractivity contribution < 1.29 is 14.6 Å². The lowest BCUT2D eigenvalue weighted by Crippen LogP contribution is -2.48. The third-order valence-corrected chi connectivity index (χ3v) is 5.57. The lowest BCUT2D eigenvalue weighted by Gasteiger charge is -2.30. The van der Waals surface area contributed by atoms with E-state index in [1.165, 1.54) is 12.5 Å². The van der Waals surface area contributed by atoms with Crippen LogP contribution in [0.15, 0.2) is 48.5 Å². The van der Waals surface area contributed by atoms with Gasteiger partial charge in [-0.2, -0.15) is 0 Å². The van der Waals surface area contributed by atoms with Gasteiger partial charge in [0, 0.05) is 31.5 Å². The van der Waals surface area contributed by atoms with Crippen LogP contribution in [-0.2, 0) is 17.6 Å². The fourth-order valence-electron chi connectivity index (χ4n) is 4.20. The summed E-state index contributed by atoms with van der Waals surface area (Å²) < 4.78 is 5.87. The van der Waals surface area contributed by atoms with Crippen LogP contribution >= 0.6 is 0 Å². The van der Waals surface area contributed by atoms with Crippen molar-refractivity contribution in [3.05, 3.63) is 65.2 Å². The number of hydrogen-bond donors (Lipinski definition) is 3. The molecular weight excluding hydrogens is 388 g/mol. The standard InChI is InChI=1S/C26H36N2O3/c1-18(29)28-23(15-19-8-6-5-7-9-19)24(30)17-27-22-12-13-31-25-11-10-20(14-21(22)25)16-26(2,3)4/h5-11,14,22-24,27,30H,12-13,15-17H2,1-4H3,(H,28,29)/t22-,23?,24+/m0/s1. The summed E-state index contributed by atoms with van der Waals surface area (Å²) in [5, 5.41) is 17.3. The van der Waals surface area contributed by atoms with Gasteiger partial charge in [0.2, 0.25) is 5.91 Å². The molecule has 3 N–H and O–H groups in total. The summed E-state index contributed by atoms with van der Waals surface area (Å²) in [6, 6.07) is 16.2. The zero-order valence-electron chi connectivity index (χ0n) is 19.2. The lowest BCUT2D eigenvalue weighted by atomic mass is 9.86. The number of carbonyl (C=O) groups is 1. The van der Waals surface area contributed by atoms with E-state index in [2.05, 4.69) is 49.6 Å². The lowest BCUT2D eigenvalue weighted by molar-refractivity contribution is -0.120. The van der Waals surface area contributed by atoms with Crippen LogP contribution < -0.4 is 15.4 Å². The van der Waals surface area contributed by atoms with Crippen molar-refractivity contribution in [3.63, 3.8) is 0 Å². The second-order valence-corrected chi connectivity index (χ2v) is 9.77. The van der Waals surface area contributed by atoms with E-state index >= 15 is 0 Å². The van der Waals surface area contributed by atoms with E-state index in [1.807, 2.05) is 30.3 Å². The number of aliphatic hydroxyl groups is 1. The van der Waals surface area contributed by atoms with E-state index in [4.69, 9.17) is 4.74 Å². The van der Waals surface area contributed by atoms with Crippen LogP contribution in [0.4, 0.5) is 0 Å². The van der Waals surface area contributed by atoms with Gasteiger partial charge in [0.1, 0.15) is 5.75 Å². The van der Waals surface area contributed by atoms with Gasteiger partial charge >= 0.3 is 0 Å². The highest BCUT2D eigenvalue weighted by atomic mass is 16.5. The van der Waals surface area contributed by atoms with Crippen LogP contribution in [0.1, 0.15) is 56.8 Å². The number of rotatable bonds is 8. The van der Waals surface area contributed by atoms with Crippen LogP contribution in [0.25, 0.3) is 0 Å². The minimum absolute atomic E-state index is 0.119. The Morgan fingerprint density at radius 1 is 1.16 bits per heavy atom. The number of benzene rings is 2. The molecule has 0 fully saturated rings. The second kappa shape index (κ2) is 10.3. The number of carbonyl (C=O) groups excluding carboxylic acids is 1. The zero-order chi connectivity index (χ0) is 22.4. The number of ether oxygens (including phenoxy) is 1.